The van der Waals surface area contributed by atoms with Crippen molar-refractivity contribution >= 4 is 26.0 Å². The first-order valence-corrected chi connectivity index (χ1v) is 7.94. The number of rotatable bonds is 4. The van der Waals surface area contributed by atoms with Gasteiger partial charge in [-0.2, -0.15) is 0 Å². The lowest BCUT2D eigenvalue weighted by Gasteiger charge is -2.14. The lowest BCUT2D eigenvalue weighted by molar-refractivity contribution is 0.567. The molecule has 1 atom stereocenters. The van der Waals surface area contributed by atoms with Gasteiger partial charge in [0.25, 0.3) is 0 Å². The summed E-state index contributed by atoms with van der Waals surface area (Å²) in [5.41, 5.74) is 0.869. The zero-order valence-corrected chi connectivity index (χ0v) is 12.6. The average Bonchev–Trinajstić information content (AvgIpc) is 2.39. The maximum Gasteiger partial charge on any atom is 0.241 e. The number of nitrogens with zero attached hydrogens (tertiary/aromatic N) is 1. The van der Waals surface area contributed by atoms with Crippen molar-refractivity contribution in [3.05, 3.63) is 58.8 Å². The van der Waals surface area contributed by atoms with E-state index in [-0.39, 0.29) is 10.9 Å². The Labute approximate surface area is 121 Å². The molecule has 6 heteroatoms. The van der Waals surface area contributed by atoms with Crippen LogP contribution >= 0.6 is 15.9 Å². The van der Waals surface area contributed by atoms with E-state index in [1.54, 1.807) is 55.7 Å². The lowest BCUT2D eigenvalue weighted by atomic mass is 10.1. The molecule has 0 spiro atoms. The number of halogens is 1. The van der Waals surface area contributed by atoms with E-state index in [0.717, 1.165) is 10.0 Å². The van der Waals surface area contributed by atoms with Gasteiger partial charge in [-0.15, -0.1) is 0 Å². The largest absolute Gasteiger partial charge is 0.265 e. The van der Waals surface area contributed by atoms with Crippen molar-refractivity contribution in [1.82, 2.24) is 9.71 Å². The Morgan fingerprint density at radius 3 is 2.53 bits per heavy atom. The van der Waals surface area contributed by atoms with Gasteiger partial charge in [0.2, 0.25) is 10.0 Å². The fraction of sp³-hybridized carbons (Fsp3) is 0.154. The summed E-state index contributed by atoms with van der Waals surface area (Å²) in [5.74, 6) is 0. The fourth-order valence-electron chi connectivity index (χ4n) is 1.66. The normalized spacial score (nSPS) is 13.2. The molecule has 2 rings (SSSR count). The molecule has 100 valence electrons. The Morgan fingerprint density at radius 1 is 1.21 bits per heavy atom. The number of aromatic nitrogens is 1. The van der Waals surface area contributed by atoms with Crippen molar-refractivity contribution in [1.29, 1.82) is 0 Å². The van der Waals surface area contributed by atoms with E-state index < -0.39 is 10.0 Å². The third-order valence-electron chi connectivity index (χ3n) is 2.64. The lowest BCUT2D eigenvalue weighted by Crippen LogP contribution is -2.26. The Kier molecular flexibility index (Phi) is 4.34. The van der Waals surface area contributed by atoms with E-state index in [2.05, 4.69) is 25.6 Å². The maximum absolute atomic E-state index is 12.2. The predicted octanol–water partition coefficient (Wildman–Crippen LogP) is 2.88. The van der Waals surface area contributed by atoms with Crippen LogP contribution in [-0.4, -0.2) is 13.4 Å². The molecule has 0 radical (unpaired) electrons. The zero-order valence-electron chi connectivity index (χ0n) is 10.2. The van der Waals surface area contributed by atoms with Crippen LogP contribution in [0.25, 0.3) is 0 Å². The third-order valence-corrected chi connectivity index (χ3v) is 4.68. The van der Waals surface area contributed by atoms with Crippen molar-refractivity contribution in [2.75, 3.05) is 0 Å². The van der Waals surface area contributed by atoms with Crippen LogP contribution in [0.15, 0.2) is 58.2 Å². The van der Waals surface area contributed by atoms with Crippen LogP contribution in [0.5, 0.6) is 0 Å². The Morgan fingerprint density at radius 2 is 1.89 bits per heavy atom. The summed E-state index contributed by atoms with van der Waals surface area (Å²) in [6.07, 6.45) is 3.28. The molecule has 4 nitrogen and oxygen atoms in total. The number of sulfonamides is 1. The Balaban J connectivity index is 2.23. The average molecular weight is 341 g/mol. The first kappa shape index (κ1) is 14.2. The van der Waals surface area contributed by atoms with Crippen molar-refractivity contribution in [3.8, 4) is 0 Å². The molecule has 0 bridgehead atoms. The molecular formula is C13H13BrN2O2S. The first-order valence-electron chi connectivity index (χ1n) is 5.67. The molecule has 0 aliphatic carbocycles. The summed E-state index contributed by atoms with van der Waals surface area (Å²) in [7, 11) is -3.53. The van der Waals surface area contributed by atoms with Gasteiger partial charge >= 0.3 is 0 Å². The van der Waals surface area contributed by atoms with Crippen molar-refractivity contribution < 1.29 is 8.42 Å². The molecule has 19 heavy (non-hydrogen) atoms. The van der Waals surface area contributed by atoms with Crippen LogP contribution in [0.1, 0.15) is 18.5 Å². The highest BCUT2D eigenvalue weighted by atomic mass is 79.9. The van der Waals surface area contributed by atoms with E-state index in [0.29, 0.717) is 0 Å². The van der Waals surface area contributed by atoms with Gasteiger partial charge < -0.3 is 0 Å². The molecule has 1 aromatic heterocycles. The maximum atomic E-state index is 12.2. The molecule has 2 aromatic rings. The van der Waals surface area contributed by atoms with E-state index in [9.17, 15) is 8.42 Å². The molecule has 0 fully saturated rings. The van der Waals surface area contributed by atoms with Crippen molar-refractivity contribution in [2.24, 2.45) is 0 Å². The van der Waals surface area contributed by atoms with Crippen LogP contribution in [0.2, 0.25) is 0 Å². The summed E-state index contributed by atoms with van der Waals surface area (Å²) in [6.45, 7) is 1.80. The number of hydrogen-bond donors (Lipinski definition) is 1. The van der Waals surface area contributed by atoms with Crippen LogP contribution in [0, 0.1) is 0 Å². The number of benzene rings is 1. The summed E-state index contributed by atoms with van der Waals surface area (Å²) < 4.78 is 27.8. The second-order valence-electron chi connectivity index (χ2n) is 4.08. The van der Waals surface area contributed by atoms with Crippen molar-refractivity contribution in [2.45, 2.75) is 17.9 Å². The van der Waals surface area contributed by atoms with Crippen LogP contribution in [0.3, 0.4) is 0 Å². The minimum absolute atomic E-state index is 0.239. The van der Waals surface area contributed by atoms with Gasteiger partial charge in [-0.25, -0.2) is 13.1 Å². The number of nitrogens with one attached hydrogen (secondary N) is 1. The molecule has 1 heterocycles. The van der Waals surface area contributed by atoms with Crippen LogP contribution < -0.4 is 4.72 Å². The van der Waals surface area contributed by atoms with E-state index in [4.69, 9.17) is 0 Å². The molecule has 0 aliphatic rings. The van der Waals surface area contributed by atoms with Gasteiger partial charge in [0, 0.05) is 22.9 Å². The Bertz CT molecular complexity index is 659. The molecular weight excluding hydrogens is 328 g/mol. The molecule has 0 amide bonds. The van der Waals surface area contributed by atoms with Gasteiger partial charge in [0.05, 0.1) is 4.90 Å². The molecule has 1 N–H and O–H groups in total. The predicted molar refractivity (Wildman–Crippen MR) is 77.1 cm³/mol. The summed E-state index contributed by atoms with van der Waals surface area (Å²) >= 11 is 3.27. The second kappa shape index (κ2) is 5.81. The van der Waals surface area contributed by atoms with Crippen molar-refractivity contribution in [3.63, 3.8) is 0 Å². The fourth-order valence-corrected chi connectivity index (χ4v) is 3.48. The van der Waals surface area contributed by atoms with Crippen LogP contribution in [0.4, 0.5) is 0 Å². The number of pyridine rings is 1. The SMILES string of the molecule is C[C@@H](NS(=O)(=O)c1cccc(Br)c1)c1ccncc1. The molecule has 0 saturated carbocycles. The van der Waals surface area contributed by atoms with Gasteiger partial charge in [0.15, 0.2) is 0 Å². The highest BCUT2D eigenvalue weighted by molar-refractivity contribution is 9.10. The van der Waals surface area contributed by atoms with E-state index in [1.807, 2.05) is 0 Å². The summed E-state index contributed by atoms with van der Waals surface area (Å²) in [4.78, 5) is 4.15. The summed E-state index contributed by atoms with van der Waals surface area (Å²) in [5, 5.41) is 0. The standard InChI is InChI=1S/C13H13BrN2O2S/c1-10(11-5-7-15-8-6-11)16-19(17,18)13-4-2-3-12(14)9-13/h2-10,16H,1H3/t10-/m1/s1. The minimum atomic E-state index is -3.53. The quantitative estimate of drug-likeness (QED) is 0.930. The topological polar surface area (TPSA) is 59.1 Å². The van der Waals surface area contributed by atoms with Gasteiger partial charge in [0.1, 0.15) is 0 Å². The third kappa shape index (κ3) is 3.62. The van der Waals surface area contributed by atoms with Gasteiger partial charge in [-0.1, -0.05) is 22.0 Å². The molecule has 0 aliphatic heterocycles. The van der Waals surface area contributed by atoms with Gasteiger partial charge in [-0.3, -0.25) is 4.98 Å². The second-order valence-corrected chi connectivity index (χ2v) is 6.71. The summed E-state index contributed by atoms with van der Waals surface area (Å²) in [6, 6.07) is 9.86. The highest BCUT2D eigenvalue weighted by Crippen LogP contribution is 2.19. The van der Waals surface area contributed by atoms with Crippen LogP contribution in [-0.2, 0) is 10.0 Å². The highest BCUT2D eigenvalue weighted by Gasteiger charge is 2.18. The monoisotopic (exact) mass is 340 g/mol. The zero-order chi connectivity index (χ0) is 13.9. The van der Waals surface area contributed by atoms with E-state index in [1.165, 1.54) is 0 Å². The minimum Gasteiger partial charge on any atom is -0.265 e. The molecule has 0 saturated heterocycles. The Hall–Kier alpha value is -1.24. The van der Waals surface area contributed by atoms with Gasteiger partial charge in [-0.05, 0) is 42.8 Å². The van der Waals surface area contributed by atoms with E-state index >= 15 is 0 Å². The number of hydrogen-bond acceptors (Lipinski definition) is 3. The molecule has 0 unspecified atom stereocenters. The smallest absolute Gasteiger partial charge is 0.241 e. The molecule has 1 aromatic carbocycles. The first-order chi connectivity index (χ1) is 8.99.